The molecule has 0 unspecified atom stereocenters. The Morgan fingerprint density at radius 2 is 1.38 bits per heavy atom. The first-order valence-electron chi connectivity index (χ1n) is 7.71. The molecular weight excluding hydrogens is 387 g/mol. The molecule has 0 aliphatic heterocycles. The van der Waals surface area contributed by atoms with Gasteiger partial charge in [-0.05, 0) is 60.7 Å². The fraction of sp³-hybridized carbons (Fsp3) is 0. The monoisotopic (exact) mass is 400 g/mol. The van der Waals surface area contributed by atoms with Gasteiger partial charge in [-0.15, -0.1) is 0 Å². The summed E-state index contributed by atoms with van der Waals surface area (Å²) < 4.78 is 0. The van der Waals surface area contributed by atoms with Crippen molar-refractivity contribution in [2.24, 2.45) is 10.2 Å². The van der Waals surface area contributed by atoms with Crippen LogP contribution in [0.3, 0.4) is 0 Å². The second-order valence-electron chi connectivity index (χ2n) is 5.26. The number of thiocarbonyl (C=S) groups is 1. The lowest BCUT2D eigenvalue weighted by molar-refractivity contribution is 1.23. The van der Waals surface area contributed by atoms with Crippen molar-refractivity contribution in [3.05, 3.63) is 82.8 Å². The van der Waals surface area contributed by atoms with Gasteiger partial charge < -0.3 is 10.6 Å². The molecule has 7 heteroatoms. The SMILES string of the molecule is S=C(Nc1ccc(N=Nc2ccccc2)cc1)Nc1cccc(Cl)c1Cl. The lowest BCUT2D eigenvalue weighted by Gasteiger charge is -2.12. The number of hydrogen-bond donors (Lipinski definition) is 2. The summed E-state index contributed by atoms with van der Waals surface area (Å²) in [4.78, 5) is 0. The molecule has 0 aliphatic carbocycles. The van der Waals surface area contributed by atoms with E-state index >= 15 is 0 Å². The summed E-state index contributed by atoms with van der Waals surface area (Å²) in [7, 11) is 0. The van der Waals surface area contributed by atoms with Crippen LogP contribution in [0.5, 0.6) is 0 Å². The van der Waals surface area contributed by atoms with Gasteiger partial charge in [0, 0.05) is 5.69 Å². The van der Waals surface area contributed by atoms with E-state index in [0.717, 1.165) is 17.1 Å². The molecule has 0 atom stereocenters. The van der Waals surface area contributed by atoms with Gasteiger partial charge >= 0.3 is 0 Å². The number of halogens is 2. The highest BCUT2D eigenvalue weighted by atomic mass is 35.5. The fourth-order valence-electron chi connectivity index (χ4n) is 2.11. The van der Waals surface area contributed by atoms with E-state index in [2.05, 4.69) is 20.9 Å². The second-order valence-corrected chi connectivity index (χ2v) is 6.46. The van der Waals surface area contributed by atoms with Gasteiger partial charge in [-0.2, -0.15) is 10.2 Å². The average Bonchev–Trinajstić information content (AvgIpc) is 2.66. The Morgan fingerprint density at radius 3 is 2.08 bits per heavy atom. The van der Waals surface area contributed by atoms with Crippen molar-refractivity contribution >= 4 is 63.3 Å². The standard InChI is InChI=1S/C19H14Cl2N4S/c20-16-7-4-8-17(18(16)21)23-19(26)22-13-9-11-15(12-10-13)25-24-14-5-2-1-3-6-14/h1-12H,(H2,22,23,26). The molecule has 0 aliphatic rings. The van der Waals surface area contributed by atoms with Crippen LogP contribution < -0.4 is 10.6 Å². The van der Waals surface area contributed by atoms with Crippen LogP contribution in [-0.4, -0.2) is 5.11 Å². The third kappa shape index (κ3) is 5.02. The molecule has 3 aromatic carbocycles. The maximum atomic E-state index is 6.14. The molecule has 0 spiro atoms. The van der Waals surface area contributed by atoms with Crippen LogP contribution in [0.25, 0.3) is 0 Å². The van der Waals surface area contributed by atoms with Crippen LogP contribution in [0.15, 0.2) is 83.0 Å². The van der Waals surface area contributed by atoms with Crippen molar-refractivity contribution in [1.82, 2.24) is 0 Å². The molecule has 130 valence electrons. The molecule has 0 heterocycles. The number of azo groups is 1. The molecule has 0 aromatic heterocycles. The van der Waals surface area contributed by atoms with Crippen molar-refractivity contribution in [2.75, 3.05) is 10.6 Å². The molecule has 2 N–H and O–H groups in total. The largest absolute Gasteiger partial charge is 0.332 e. The van der Waals surface area contributed by atoms with Gasteiger partial charge in [0.15, 0.2) is 5.11 Å². The predicted molar refractivity (Wildman–Crippen MR) is 113 cm³/mol. The van der Waals surface area contributed by atoms with Crippen LogP contribution in [0.2, 0.25) is 10.0 Å². The third-order valence-electron chi connectivity index (χ3n) is 3.36. The summed E-state index contributed by atoms with van der Waals surface area (Å²) in [6.07, 6.45) is 0. The first-order chi connectivity index (χ1) is 12.6. The summed E-state index contributed by atoms with van der Waals surface area (Å²) >= 11 is 17.4. The van der Waals surface area contributed by atoms with E-state index in [1.807, 2.05) is 54.6 Å². The van der Waals surface area contributed by atoms with Crippen molar-refractivity contribution in [1.29, 1.82) is 0 Å². The zero-order chi connectivity index (χ0) is 18.4. The highest BCUT2D eigenvalue weighted by Gasteiger charge is 2.06. The number of benzene rings is 3. The average molecular weight is 401 g/mol. The smallest absolute Gasteiger partial charge is 0.175 e. The minimum atomic E-state index is 0.410. The van der Waals surface area contributed by atoms with Crippen molar-refractivity contribution in [2.45, 2.75) is 0 Å². The van der Waals surface area contributed by atoms with Gasteiger partial charge in [0.1, 0.15) is 0 Å². The lowest BCUT2D eigenvalue weighted by Crippen LogP contribution is -2.19. The fourth-order valence-corrected chi connectivity index (χ4v) is 2.68. The van der Waals surface area contributed by atoms with E-state index in [0.29, 0.717) is 20.8 Å². The number of hydrogen-bond acceptors (Lipinski definition) is 3. The molecule has 3 rings (SSSR count). The Bertz CT molecular complexity index is 928. The third-order valence-corrected chi connectivity index (χ3v) is 4.39. The van der Waals surface area contributed by atoms with Crippen LogP contribution >= 0.6 is 35.4 Å². The Morgan fingerprint density at radius 1 is 0.731 bits per heavy atom. The van der Waals surface area contributed by atoms with Crippen molar-refractivity contribution < 1.29 is 0 Å². The van der Waals surface area contributed by atoms with Gasteiger partial charge in [-0.25, -0.2) is 0 Å². The summed E-state index contributed by atoms with van der Waals surface area (Å²) in [6, 6.07) is 22.3. The van der Waals surface area contributed by atoms with E-state index in [1.54, 1.807) is 18.2 Å². The van der Waals surface area contributed by atoms with Crippen molar-refractivity contribution in [3.8, 4) is 0 Å². The van der Waals surface area contributed by atoms with Gasteiger partial charge in [0.05, 0.1) is 27.1 Å². The van der Waals surface area contributed by atoms with Gasteiger partial charge in [0.25, 0.3) is 0 Å². The molecule has 0 amide bonds. The molecule has 26 heavy (non-hydrogen) atoms. The molecule has 0 radical (unpaired) electrons. The van der Waals surface area contributed by atoms with Crippen LogP contribution in [-0.2, 0) is 0 Å². The summed E-state index contributed by atoms with van der Waals surface area (Å²) in [5.41, 5.74) is 3.01. The molecule has 0 fully saturated rings. The maximum absolute atomic E-state index is 6.14. The molecular formula is C19H14Cl2N4S. The van der Waals surface area contributed by atoms with E-state index < -0.39 is 0 Å². The molecule has 0 saturated carbocycles. The Hall–Kier alpha value is -2.47. The zero-order valence-electron chi connectivity index (χ0n) is 13.5. The number of nitrogens with one attached hydrogen (secondary N) is 2. The number of anilines is 2. The Kier molecular flexibility index (Phi) is 6.17. The summed E-state index contributed by atoms with van der Waals surface area (Å²) in [5.74, 6) is 0. The molecule has 0 saturated heterocycles. The quantitative estimate of drug-likeness (QED) is 0.358. The van der Waals surface area contributed by atoms with Crippen molar-refractivity contribution in [3.63, 3.8) is 0 Å². The van der Waals surface area contributed by atoms with E-state index in [1.165, 1.54) is 0 Å². The lowest BCUT2D eigenvalue weighted by atomic mass is 10.3. The summed E-state index contributed by atoms with van der Waals surface area (Å²) in [6.45, 7) is 0. The van der Waals surface area contributed by atoms with Gasteiger partial charge in [-0.1, -0.05) is 47.5 Å². The Balaban J connectivity index is 1.61. The van der Waals surface area contributed by atoms with Crippen LogP contribution in [0.4, 0.5) is 22.7 Å². The second kappa shape index (κ2) is 8.76. The minimum Gasteiger partial charge on any atom is -0.332 e. The zero-order valence-corrected chi connectivity index (χ0v) is 15.8. The number of rotatable bonds is 4. The van der Waals surface area contributed by atoms with Gasteiger partial charge in [0.2, 0.25) is 0 Å². The highest BCUT2D eigenvalue weighted by Crippen LogP contribution is 2.29. The molecule has 3 aromatic rings. The van der Waals surface area contributed by atoms with E-state index in [9.17, 15) is 0 Å². The number of nitrogens with zero attached hydrogens (tertiary/aromatic N) is 2. The first kappa shape index (κ1) is 18.3. The van der Waals surface area contributed by atoms with Gasteiger partial charge in [-0.3, -0.25) is 0 Å². The maximum Gasteiger partial charge on any atom is 0.175 e. The highest BCUT2D eigenvalue weighted by molar-refractivity contribution is 7.80. The topological polar surface area (TPSA) is 48.8 Å². The first-order valence-corrected chi connectivity index (χ1v) is 8.87. The summed E-state index contributed by atoms with van der Waals surface area (Å²) in [5, 5.41) is 15.8. The normalized spacial score (nSPS) is 10.7. The molecule has 0 bridgehead atoms. The van der Waals surface area contributed by atoms with E-state index in [4.69, 9.17) is 35.4 Å². The minimum absolute atomic E-state index is 0.410. The predicted octanol–water partition coefficient (Wildman–Crippen LogP) is 7.22. The van der Waals surface area contributed by atoms with E-state index in [-0.39, 0.29) is 0 Å². The molecule has 4 nitrogen and oxygen atoms in total. The van der Waals surface area contributed by atoms with Crippen LogP contribution in [0, 0.1) is 0 Å². The van der Waals surface area contributed by atoms with Crippen LogP contribution in [0.1, 0.15) is 0 Å². The Labute approximate surface area is 166 Å².